The third-order valence-electron chi connectivity index (χ3n) is 4.41. The number of carbonyl (C=O) groups is 1. The summed E-state index contributed by atoms with van der Waals surface area (Å²) in [6.07, 6.45) is 0. The molecule has 0 aromatic carbocycles. The first-order valence-electron chi connectivity index (χ1n) is 7.98. The number of aryl methyl sites for hydroxylation is 1. The summed E-state index contributed by atoms with van der Waals surface area (Å²) in [7, 11) is 0. The molecule has 126 valence electrons. The van der Waals surface area contributed by atoms with Crippen molar-refractivity contribution in [3.05, 3.63) is 27.4 Å². The average Bonchev–Trinajstić information content (AvgIpc) is 2.97. The number of amides is 2. The number of H-pyrrole nitrogens is 1. The van der Waals surface area contributed by atoms with Crippen molar-refractivity contribution in [1.29, 1.82) is 0 Å². The minimum absolute atomic E-state index is 0.149. The zero-order chi connectivity index (χ0) is 16.4. The molecule has 3 heterocycles. The second-order valence-corrected chi connectivity index (χ2v) is 6.12. The molecule has 1 aromatic rings. The van der Waals surface area contributed by atoms with Crippen molar-refractivity contribution in [2.75, 3.05) is 32.8 Å². The Labute approximate surface area is 134 Å². The number of fused-ring (bicyclic) bond motifs is 1. The lowest BCUT2D eigenvalue weighted by atomic mass is 10.2. The van der Waals surface area contributed by atoms with Crippen molar-refractivity contribution >= 4 is 6.03 Å². The van der Waals surface area contributed by atoms with Gasteiger partial charge >= 0.3 is 6.03 Å². The van der Waals surface area contributed by atoms with E-state index in [0.29, 0.717) is 36.7 Å². The first-order chi connectivity index (χ1) is 11.0. The molecule has 1 atom stereocenters. The summed E-state index contributed by atoms with van der Waals surface area (Å²) in [5, 5.41) is 2.96. The highest BCUT2D eigenvalue weighted by Crippen LogP contribution is 2.17. The quantitative estimate of drug-likeness (QED) is 0.806. The molecule has 2 amide bonds. The summed E-state index contributed by atoms with van der Waals surface area (Å²) in [6, 6.07) is 0.108. The van der Waals surface area contributed by atoms with Crippen LogP contribution in [0.2, 0.25) is 0 Å². The number of rotatable bonds is 3. The molecule has 0 saturated carbocycles. The number of ether oxygens (including phenoxy) is 1. The first-order valence-corrected chi connectivity index (χ1v) is 7.98. The zero-order valence-electron chi connectivity index (χ0n) is 13.6. The zero-order valence-corrected chi connectivity index (χ0v) is 13.6. The van der Waals surface area contributed by atoms with Gasteiger partial charge in [-0.25, -0.2) is 9.78 Å². The normalized spacial score (nSPS) is 19.5. The minimum Gasteiger partial charge on any atom is -0.379 e. The van der Waals surface area contributed by atoms with Crippen molar-refractivity contribution < 1.29 is 9.53 Å². The molecule has 0 radical (unpaired) electrons. The van der Waals surface area contributed by atoms with Gasteiger partial charge in [0.25, 0.3) is 5.56 Å². The van der Waals surface area contributed by atoms with E-state index in [9.17, 15) is 9.59 Å². The van der Waals surface area contributed by atoms with Gasteiger partial charge in [0.1, 0.15) is 5.82 Å². The molecule has 8 heteroatoms. The van der Waals surface area contributed by atoms with Gasteiger partial charge in [-0.05, 0) is 13.8 Å². The van der Waals surface area contributed by atoms with E-state index in [1.807, 2.05) is 0 Å². The fourth-order valence-electron chi connectivity index (χ4n) is 3.03. The second-order valence-electron chi connectivity index (χ2n) is 6.12. The molecule has 0 spiro atoms. The van der Waals surface area contributed by atoms with Crippen LogP contribution in [-0.4, -0.2) is 64.7 Å². The van der Waals surface area contributed by atoms with Crippen LogP contribution in [0.4, 0.5) is 4.79 Å². The molecule has 0 unspecified atom stereocenters. The van der Waals surface area contributed by atoms with Crippen LogP contribution in [0, 0.1) is 6.92 Å². The molecule has 2 aliphatic rings. The third-order valence-corrected chi connectivity index (χ3v) is 4.41. The topological polar surface area (TPSA) is 90.6 Å². The van der Waals surface area contributed by atoms with E-state index in [1.54, 1.807) is 11.8 Å². The Kier molecular flexibility index (Phi) is 4.63. The Morgan fingerprint density at radius 3 is 2.87 bits per heavy atom. The number of morpholine rings is 1. The molecule has 1 fully saturated rings. The maximum Gasteiger partial charge on any atom is 0.318 e. The van der Waals surface area contributed by atoms with Gasteiger partial charge in [-0.15, -0.1) is 0 Å². The number of aromatic amines is 1. The van der Waals surface area contributed by atoms with E-state index >= 15 is 0 Å². The number of hydrogen-bond donors (Lipinski definition) is 2. The average molecular weight is 321 g/mol. The maximum atomic E-state index is 12.3. The molecule has 23 heavy (non-hydrogen) atoms. The summed E-state index contributed by atoms with van der Waals surface area (Å²) in [6.45, 7) is 8.40. The van der Waals surface area contributed by atoms with E-state index in [-0.39, 0.29) is 17.6 Å². The number of urea groups is 1. The number of aromatic nitrogens is 2. The van der Waals surface area contributed by atoms with Crippen molar-refractivity contribution in [2.45, 2.75) is 33.0 Å². The van der Waals surface area contributed by atoms with E-state index in [4.69, 9.17) is 4.74 Å². The van der Waals surface area contributed by atoms with Crippen molar-refractivity contribution in [2.24, 2.45) is 0 Å². The fraction of sp³-hybridized carbons (Fsp3) is 0.667. The Hall–Kier alpha value is -1.93. The smallest absolute Gasteiger partial charge is 0.318 e. The van der Waals surface area contributed by atoms with Crippen LogP contribution in [0.5, 0.6) is 0 Å². The van der Waals surface area contributed by atoms with Gasteiger partial charge in [0.2, 0.25) is 0 Å². The lowest BCUT2D eigenvalue weighted by Gasteiger charge is -2.32. The van der Waals surface area contributed by atoms with Crippen molar-refractivity contribution in [1.82, 2.24) is 25.1 Å². The molecule has 3 rings (SSSR count). The third kappa shape index (κ3) is 3.53. The molecular formula is C15H23N5O3. The van der Waals surface area contributed by atoms with Gasteiger partial charge in [0, 0.05) is 25.7 Å². The fourth-order valence-corrected chi connectivity index (χ4v) is 3.03. The molecule has 1 aromatic heterocycles. The van der Waals surface area contributed by atoms with Crippen LogP contribution in [0.25, 0.3) is 0 Å². The maximum absolute atomic E-state index is 12.3. The van der Waals surface area contributed by atoms with Gasteiger partial charge < -0.3 is 19.9 Å². The summed E-state index contributed by atoms with van der Waals surface area (Å²) >= 11 is 0. The SMILES string of the molecule is Cc1nc2c(c(=O)[nH]1)CN(C(=O)NC[C@H](C)N1CCOCC1)C2. The largest absolute Gasteiger partial charge is 0.379 e. The predicted octanol–water partition coefficient (Wildman–Crippen LogP) is -0.176. The standard InChI is InChI=1S/C15H23N5O3/c1-10(19-3-5-23-6-4-19)7-16-15(22)20-8-12-13(9-20)17-11(2)18-14(12)21/h10H,3-9H2,1-2H3,(H,16,22)(H,17,18,21)/t10-/m0/s1. The molecule has 8 nitrogen and oxygen atoms in total. The Balaban J connectivity index is 1.54. The molecule has 1 saturated heterocycles. The second kappa shape index (κ2) is 6.67. The van der Waals surface area contributed by atoms with Crippen molar-refractivity contribution in [3.8, 4) is 0 Å². The van der Waals surface area contributed by atoms with Crippen LogP contribution in [0.3, 0.4) is 0 Å². The van der Waals surface area contributed by atoms with Gasteiger partial charge in [-0.2, -0.15) is 0 Å². The Morgan fingerprint density at radius 1 is 1.39 bits per heavy atom. The van der Waals surface area contributed by atoms with Crippen LogP contribution in [0.15, 0.2) is 4.79 Å². The predicted molar refractivity (Wildman–Crippen MR) is 84.1 cm³/mol. The molecule has 0 bridgehead atoms. The van der Waals surface area contributed by atoms with E-state index in [2.05, 4.69) is 27.1 Å². The number of carbonyl (C=O) groups excluding carboxylic acids is 1. The molecule has 0 aliphatic carbocycles. The van der Waals surface area contributed by atoms with Gasteiger partial charge in [0.05, 0.1) is 37.6 Å². The van der Waals surface area contributed by atoms with Gasteiger partial charge in [0.15, 0.2) is 0 Å². The van der Waals surface area contributed by atoms with E-state index in [0.717, 1.165) is 26.3 Å². The monoisotopic (exact) mass is 321 g/mol. The molecule has 2 N–H and O–H groups in total. The summed E-state index contributed by atoms with van der Waals surface area (Å²) in [5.41, 5.74) is 1.14. The highest BCUT2D eigenvalue weighted by Gasteiger charge is 2.27. The Morgan fingerprint density at radius 2 is 2.13 bits per heavy atom. The van der Waals surface area contributed by atoms with E-state index < -0.39 is 0 Å². The van der Waals surface area contributed by atoms with Crippen LogP contribution in [-0.2, 0) is 17.8 Å². The highest BCUT2D eigenvalue weighted by atomic mass is 16.5. The number of hydrogen-bond acceptors (Lipinski definition) is 5. The lowest BCUT2D eigenvalue weighted by molar-refractivity contribution is 0.0206. The number of nitrogens with zero attached hydrogens (tertiary/aromatic N) is 3. The summed E-state index contributed by atoms with van der Waals surface area (Å²) < 4.78 is 5.34. The van der Waals surface area contributed by atoms with Crippen LogP contribution < -0.4 is 10.9 Å². The Bertz CT molecular complexity index is 638. The van der Waals surface area contributed by atoms with Crippen LogP contribution >= 0.6 is 0 Å². The highest BCUT2D eigenvalue weighted by molar-refractivity contribution is 5.74. The lowest BCUT2D eigenvalue weighted by Crippen LogP contribution is -2.49. The minimum atomic E-state index is -0.153. The van der Waals surface area contributed by atoms with Crippen molar-refractivity contribution in [3.63, 3.8) is 0 Å². The summed E-state index contributed by atoms with van der Waals surface area (Å²) in [4.78, 5) is 35.2. The van der Waals surface area contributed by atoms with Gasteiger partial charge in [-0.3, -0.25) is 9.69 Å². The molecule has 2 aliphatic heterocycles. The molecular weight excluding hydrogens is 298 g/mol. The van der Waals surface area contributed by atoms with Gasteiger partial charge in [-0.1, -0.05) is 0 Å². The first kappa shape index (κ1) is 15.9. The van der Waals surface area contributed by atoms with E-state index in [1.165, 1.54) is 0 Å². The summed E-state index contributed by atoms with van der Waals surface area (Å²) in [5.74, 6) is 0.581. The van der Waals surface area contributed by atoms with Crippen LogP contribution in [0.1, 0.15) is 24.0 Å². The number of nitrogens with one attached hydrogen (secondary N) is 2.